The fraction of sp³-hybridized carbons (Fsp3) is 0.619. The molecule has 0 N–H and O–H groups in total. The first-order chi connectivity index (χ1) is 11.6. The molecule has 0 aromatic heterocycles. The lowest BCUT2D eigenvalue weighted by atomic mass is 10.1. The number of halogens is 3. The van der Waals surface area contributed by atoms with E-state index in [0.717, 1.165) is 25.7 Å². The van der Waals surface area contributed by atoms with E-state index in [1.54, 1.807) is 0 Å². The van der Waals surface area contributed by atoms with Crippen LogP contribution in [-0.2, 0) is 0 Å². The Morgan fingerprint density at radius 2 is 1.00 bits per heavy atom. The van der Waals surface area contributed by atoms with E-state index in [1.807, 2.05) is 12.2 Å². The van der Waals surface area contributed by atoms with Crippen molar-refractivity contribution in [3.05, 3.63) is 48.6 Å². The van der Waals surface area contributed by atoms with Gasteiger partial charge < -0.3 is 0 Å². The van der Waals surface area contributed by atoms with Crippen molar-refractivity contribution in [2.45, 2.75) is 83.7 Å². The molecule has 0 spiro atoms. The number of hydrogen-bond donors (Lipinski definition) is 0. The van der Waals surface area contributed by atoms with Crippen molar-refractivity contribution >= 4 is 0 Å². The molecule has 24 heavy (non-hydrogen) atoms. The Balaban J connectivity index is 3.42. The predicted octanol–water partition coefficient (Wildman–Crippen LogP) is 8.08. The third-order valence-electron chi connectivity index (χ3n) is 3.54. The fourth-order valence-corrected chi connectivity index (χ4v) is 2.15. The van der Waals surface area contributed by atoms with E-state index in [9.17, 15) is 13.2 Å². The van der Waals surface area contributed by atoms with Crippen LogP contribution in [0.4, 0.5) is 13.2 Å². The van der Waals surface area contributed by atoms with Crippen molar-refractivity contribution in [2.75, 3.05) is 0 Å². The molecule has 0 heterocycles. The fourth-order valence-electron chi connectivity index (χ4n) is 2.15. The van der Waals surface area contributed by atoms with Crippen LogP contribution in [0.25, 0.3) is 0 Å². The summed E-state index contributed by atoms with van der Waals surface area (Å²) < 4.78 is 35.8. The average Bonchev–Trinajstić information content (AvgIpc) is 2.52. The molecular formula is C21H33F3. The predicted molar refractivity (Wildman–Crippen MR) is 99.1 cm³/mol. The Bertz CT molecular complexity index is 373. The van der Waals surface area contributed by atoms with E-state index in [4.69, 9.17) is 0 Å². The Hall–Kier alpha value is -1.25. The maximum Gasteiger partial charge on any atom is 0.389 e. The molecule has 138 valence electrons. The zero-order chi connectivity index (χ0) is 17.9. The van der Waals surface area contributed by atoms with E-state index in [-0.39, 0.29) is 6.42 Å². The second-order valence-electron chi connectivity index (χ2n) is 5.95. The zero-order valence-electron chi connectivity index (χ0n) is 15.0. The van der Waals surface area contributed by atoms with Gasteiger partial charge in [-0.15, -0.1) is 0 Å². The van der Waals surface area contributed by atoms with Crippen molar-refractivity contribution in [3.8, 4) is 0 Å². The van der Waals surface area contributed by atoms with Crippen molar-refractivity contribution in [1.29, 1.82) is 0 Å². The molecule has 0 aliphatic heterocycles. The first kappa shape index (κ1) is 22.8. The number of allylic oxidation sites excluding steroid dienone is 8. The summed E-state index contributed by atoms with van der Waals surface area (Å²) in [5.74, 6) is 0. The smallest absolute Gasteiger partial charge is 0.171 e. The lowest BCUT2D eigenvalue weighted by molar-refractivity contribution is -0.135. The third-order valence-corrected chi connectivity index (χ3v) is 3.54. The van der Waals surface area contributed by atoms with Gasteiger partial charge in [-0.2, -0.15) is 13.2 Å². The molecule has 0 amide bonds. The van der Waals surface area contributed by atoms with Gasteiger partial charge in [0.05, 0.1) is 0 Å². The maximum absolute atomic E-state index is 11.9. The molecule has 0 atom stereocenters. The van der Waals surface area contributed by atoms with E-state index in [1.165, 1.54) is 25.7 Å². The van der Waals surface area contributed by atoms with Crippen LogP contribution >= 0.6 is 0 Å². The number of rotatable bonds is 14. The number of alkyl halides is 3. The molecule has 0 unspecified atom stereocenters. The van der Waals surface area contributed by atoms with Gasteiger partial charge in [0.25, 0.3) is 0 Å². The number of hydrogen-bond acceptors (Lipinski definition) is 0. The largest absolute Gasteiger partial charge is 0.389 e. The van der Waals surface area contributed by atoms with Crippen LogP contribution in [0, 0.1) is 0 Å². The molecule has 0 aromatic carbocycles. The molecule has 0 nitrogen and oxygen atoms in total. The first-order valence-electron chi connectivity index (χ1n) is 9.23. The van der Waals surface area contributed by atoms with Crippen LogP contribution in [0.5, 0.6) is 0 Å². The molecule has 0 aromatic rings. The maximum atomic E-state index is 11.9. The Morgan fingerprint density at radius 3 is 1.42 bits per heavy atom. The second kappa shape index (κ2) is 16.6. The molecule has 0 aliphatic rings. The summed E-state index contributed by atoms with van der Waals surface area (Å²) in [5.41, 5.74) is 0. The van der Waals surface area contributed by atoms with Gasteiger partial charge in [-0.3, -0.25) is 0 Å². The minimum atomic E-state index is -4.01. The molecule has 3 heteroatoms. The summed E-state index contributed by atoms with van der Waals surface area (Å²) in [6.07, 6.45) is 21.7. The second-order valence-corrected chi connectivity index (χ2v) is 5.95. The van der Waals surface area contributed by atoms with Gasteiger partial charge >= 0.3 is 6.18 Å². The van der Waals surface area contributed by atoms with E-state index < -0.39 is 12.6 Å². The molecule has 0 fully saturated rings. The summed E-state index contributed by atoms with van der Waals surface area (Å²) in [5, 5.41) is 0. The molecule has 0 saturated carbocycles. The van der Waals surface area contributed by atoms with Gasteiger partial charge in [0.15, 0.2) is 0 Å². The topological polar surface area (TPSA) is 0 Å². The van der Waals surface area contributed by atoms with Crippen LogP contribution in [-0.4, -0.2) is 6.18 Å². The van der Waals surface area contributed by atoms with E-state index in [2.05, 4.69) is 43.4 Å². The highest BCUT2D eigenvalue weighted by atomic mass is 19.4. The highest BCUT2D eigenvalue weighted by molar-refractivity contribution is 4.99. The van der Waals surface area contributed by atoms with Crippen molar-refractivity contribution in [1.82, 2.24) is 0 Å². The quantitative estimate of drug-likeness (QED) is 0.221. The lowest BCUT2D eigenvalue weighted by Gasteiger charge is -2.03. The van der Waals surface area contributed by atoms with Gasteiger partial charge in [0, 0.05) is 6.42 Å². The van der Waals surface area contributed by atoms with E-state index in [0.29, 0.717) is 6.42 Å². The highest BCUT2D eigenvalue weighted by Crippen LogP contribution is 2.22. The van der Waals surface area contributed by atoms with Crippen molar-refractivity contribution < 1.29 is 13.2 Å². The Labute approximate surface area is 146 Å². The summed E-state index contributed by atoms with van der Waals surface area (Å²) in [6, 6.07) is 0. The van der Waals surface area contributed by atoms with Gasteiger partial charge in [-0.1, -0.05) is 68.4 Å². The van der Waals surface area contributed by atoms with Gasteiger partial charge in [0.1, 0.15) is 0 Å². The minimum Gasteiger partial charge on any atom is -0.171 e. The molecule has 0 aliphatic carbocycles. The monoisotopic (exact) mass is 342 g/mol. The Kier molecular flexibility index (Phi) is 15.7. The average molecular weight is 342 g/mol. The minimum absolute atomic E-state index is 0.224. The van der Waals surface area contributed by atoms with E-state index >= 15 is 0 Å². The van der Waals surface area contributed by atoms with Crippen molar-refractivity contribution in [3.63, 3.8) is 0 Å². The van der Waals surface area contributed by atoms with Gasteiger partial charge in [0.2, 0.25) is 0 Å². The molecule has 0 bridgehead atoms. The molecular weight excluding hydrogens is 309 g/mol. The van der Waals surface area contributed by atoms with Gasteiger partial charge in [-0.05, 0) is 51.4 Å². The standard InChI is InChI=1S/C21H33F3/c1-2-3-4-5-6-7-8-9-10-11-12-13-14-15-16-17-18-19-20-21(22,23)24/h6-7,9-10,12-13,15-16H,2-5,8,11,14,17-20H2,1H3/b7-6+,10-9+,13-12+,16-15+. The summed E-state index contributed by atoms with van der Waals surface area (Å²) in [6.45, 7) is 2.22. The van der Waals surface area contributed by atoms with Crippen molar-refractivity contribution in [2.24, 2.45) is 0 Å². The van der Waals surface area contributed by atoms with Crippen LogP contribution in [0.3, 0.4) is 0 Å². The lowest BCUT2D eigenvalue weighted by Crippen LogP contribution is -2.05. The summed E-state index contributed by atoms with van der Waals surface area (Å²) in [7, 11) is 0. The number of unbranched alkanes of at least 4 members (excludes halogenated alkanes) is 5. The Morgan fingerprint density at radius 1 is 0.583 bits per heavy atom. The zero-order valence-corrected chi connectivity index (χ0v) is 15.0. The van der Waals surface area contributed by atoms with Crippen LogP contribution in [0.15, 0.2) is 48.6 Å². The van der Waals surface area contributed by atoms with Crippen LogP contribution in [0.2, 0.25) is 0 Å². The SMILES string of the molecule is CCCCC/C=C/C/C=C/C/C=C/C/C=C/CCCCC(F)(F)F. The summed E-state index contributed by atoms with van der Waals surface area (Å²) >= 11 is 0. The third kappa shape index (κ3) is 20.8. The molecule has 0 saturated heterocycles. The summed E-state index contributed by atoms with van der Waals surface area (Å²) in [4.78, 5) is 0. The van der Waals surface area contributed by atoms with Gasteiger partial charge in [-0.25, -0.2) is 0 Å². The normalized spacial score (nSPS) is 13.3. The highest BCUT2D eigenvalue weighted by Gasteiger charge is 2.25. The van der Waals surface area contributed by atoms with Crippen LogP contribution < -0.4 is 0 Å². The molecule has 0 radical (unpaired) electrons. The van der Waals surface area contributed by atoms with Crippen LogP contribution in [0.1, 0.15) is 77.6 Å². The first-order valence-corrected chi connectivity index (χ1v) is 9.23. The molecule has 0 rings (SSSR count).